The van der Waals surface area contributed by atoms with Crippen LogP contribution >= 0.6 is 11.3 Å². The van der Waals surface area contributed by atoms with E-state index >= 15 is 0 Å². The number of thiazole rings is 1. The van der Waals surface area contributed by atoms with Gasteiger partial charge in [0.2, 0.25) is 0 Å². The normalized spacial score (nSPS) is 15.5. The monoisotopic (exact) mass is 312 g/mol. The average molecular weight is 312 g/mol. The fourth-order valence-corrected chi connectivity index (χ4v) is 3.75. The van der Waals surface area contributed by atoms with Gasteiger partial charge in [0.1, 0.15) is 5.82 Å². The molecule has 1 aliphatic rings. The van der Waals surface area contributed by atoms with Gasteiger partial charge in [0.05, 0.1) is 28.0 Å². The maximum atomic E-state index is 12.5. The summed E-state index contributed by atoms with van der Waals surface area (Å²) in [6.07, 6.45) is 6.50. The summed E-state index contributed by atoms with van der Waals surface area (Å²) in [5.41, 5.74) is 3.37. The summed E-state index contributed by atoms with van der Waals surface area (Å²) in [5, 5.41) is 7.37. The summed E-state index contributed by atoms with van der Waals surface area (Å²) in [7, 11) is 0. The maximum absolute atomic E-state index is 12.5. The van der Waals surface area contributed by atoms with E-state index in [0.717, 1.165) is 28.9 Å². The molecule has 0 bridgehead atoms. The Balaban J connectivity index is 1.57. The Morgan fingerprint density at radius 2 is 2.14 bits per heavy atom. The number of anilines is 1. The van der Waals surface area contributed by atoms with Gasteiger partial charge in [-0.2, -0.15) is 5.10 Å². The van der Waals surface area contributed by atoms with Crippen molar-refractivity contribution in [2.45, 2.75) is 31.7 Å². The van der Waals surface area contributed by atoms with Crippen LogP contribution in [0.1, 0.15) is 42.1 Å². The number of nitrogens with zero attached hydrogens (tertiary/aromatic N) is 3. The van der Waals surface area contributed by atoms with Crippen molar-refractivity contribution in [1.82, 2.24) is 14.8 Å². The van der Waals surface area contributed by atoms with Crippen molar-refractivity contribution in [2.75, 3.05) is 5.32 Å². The molecule has 1 aliphatic carbocycles. The molecular weight excluding hydrogens is 296 g/mol. The molecule has 5 nitrogen and oxygen atoms in total. The van der Waals surface area contributed by atoms with Gasteiger partial charge in [-0.05, 0) is 31.0 Å². The molecule has 4 rings (SSSR count). The van der Waals surface area contributed by atoms with E-state index in [1.54, 1.807) is 23.0 Å². The molecule has 0 radical (unpaired) electrons. The van der Waals surface area contributed by atoms with Gasteiger partial charge < -0.3 is 5.32 Å². The summed E-state index contributed by atoms with van der Waals surface area (Å²) >= 11 is 1.54. The molecule has 0 unspecified atom stereocenters. The van der Waals surface area contributed by atoms with Crippen molar-refractivity contribution < 1.29 is 4.79 Å². The zero-order valence-electron chi connectivity index (χ0n) is 12.0. The predicted octanol–water partition coefficient (Wildman–Crippen LogP) is 3.86. The molecule has 3 aromatic rings. The first-order valence-electron chi connectivity index (χ1n) is 7.49. The molecule has 0 aliphatic heterocycles. The number of fused-ring (bicyclic) bond motifs is 1. The number of nitrogens with one attached hydrogen (secondary N) is 1. The molecule has 1 aromatic carbocycles. The highest BCUT2D eigenvalue weighted by molar-refractivity contribution is 7.16. The van der Waals surface area contributed by atoms with Crippen molar-refractivity contribution in [3.05, 3.63) is 41.5 Å². The Labute approximate surface area is 132 Å². The molecule has 0 atom stereocenters. The van der Waals surface area contributed by atoms with E-state index < -0.39 is 0 Å². The third-order valence-corrected chi connectivity index (χ3v) is 4.97. The lowest BCUT2D eigenvalue weighted by molar-refractivity contribution is 0.102. The summed E-state index contributed by atoms with van der Waals surface area (Å²) < 4.78 is 2.98. The van der Waals surface area contributed by atoms with Crippen LogP contribution in [0.2, 0.25) is 0 Å². The number of hydrogen-bond acceptors (Lipinski definition) is 4. The van der Waals surface area contributed by atoms with Crippen molar-refractivity contribution in [2.24, 2.45) is 0 Å². The second kappa shape index (κ2) is 5.53. The van der Waals surface area contributed by atoms with Crippen molar-refractivity contribution >= 4 is 33.3 Å². The highest BCUT2D eigenvalue weighted by atomic mass is 32.1. The minimum absolute atomic E-state index is 0.102. The van der Waals surface area contributed by atoms with E-state index in [2.05, 4.69) is 15.4 Å². The Morgan fingerprint density at radius 3 is 3.00 bits per heavy atom. The molecule has 0 spiro atoms. The lowest BCUT2D eigenvalue weighted by Gasteiger charge is -2.14. The molecule has 22 heavy (non-hydrogen) atoms. The molecule has 2 aromatic heterocycles. The van der Waals surface area contributed by atoms with Crippen molar-refractivity contribution in [1.29, 1.82) is 0 Å². The van der Waals surface area contributed by atoms with Gasteiger partial charge in [-0.25, -0.2) is 9.67 Å². The fraction of sp³-hybridized carbons (Fsp3) is 0.312. The first kappa shape index (κ1) is 13.5. The Kier molecular flexibility index (Phi) is 3.38. The molecular formula is C16H16N4OS. The van der Waals surface area contributed by atoms with Crippen LogP contribution in [0.4, 0.5) is 5.82 Å². The smallest absolute Gasteiger partial charge is 0.256 e. The van der Waals surface area contributed by atoms with Gasteiger partial charge >= 0.3 is 0 Å². The SMILES string of the molecule is O=C(Nc1ccnn1C1CCCC1)c1ccc2ncsc2c1. The topological polar surface area (TPSA) is 59.8 Å². The minimum Gasteiger partial charge on any atom is -0.307 e. The van der Waals surface area contributed by atoms with Crippen LogP contribution in [0.3, 0.4) is 0 Å². The summed E-state index contributed by atoms with van der Waals surface area (Å²) in [4.78, 5) is 16.7. The minimum atomic E-state index is -0.102. The van der Waals surface area contributed by atoms with Crippen LogP contribution in [-0.2, 0) is 0 Å². The largest absolute Gasteiger partial charge is 0.307 e. The van der Waals surface area contributed by atoms with E-state index in [4.69, 9.17) is 0 Å². The second-order valence-electron chi connectivity index (χ2n) is 5.59. The van der Waals surface area contributed by atoms with Gasteiger partial charge in [-0.15, -0.1) is 11.3 Å². The number of carbonyl (C=O) groups excluding carboxylic acids is 1. The van der Waals surface area contributed by atoms with Crippen molar-refractivity contribution in [3.63, 3.8) is 0 Å². The zero-order chi connectivity index (χ0) is 14.9. The molecule has 1 saturated carbocycles. The standard InChI is InChI=1S/C16H16N4OS/c21-16(11-5-6-13-14(9-11)22-10-17-13)19-15-7-8-18-20(15)12-3-1-2-4-12/h5-10,12H,1-4H2,(H,19,21). The third-order valence-electron chi connectivity index (χ3n) is 4.18. The highest BCUT2D eigenvalue weighted by Crippen LogP contribution is 2.31. The summed E-state index contributed by atoms with van der Waals surface area (Å²) in [5.74, 6) is 0.677. The molecule has 1 fully saturated rings. The number of rotatable bonds is 3. The Bertz CT molecular complexity index is 816. The van der Waals surface area contributed by atoms with Gasteiger partial charge in [0.25, 0.3) is 5.91 Å². The molecule has 2 heterocycles. The maximum Gasteiger partial charge on any atom is 0.256 e. The molecule has 112 valence electrons. The van der Waals surface area contributed by atoms with Crippen LogP contribution in [0.25, 0.3) is 10.2 Å². The lowest BCUT2D eigenvalue weighted by atomic mass is 10.2. The summed E-state index contributed by atoms with van der Waals surface area (Å²) in [6, 6.07) is 7.86. The number of carbonyl (C=O) groups is 1. The van der Waals surface area contributed by atoms with E-state index in [-0.39, 0.29) is 5.91 Å². The number of benzene rings is 1. The quantitative estimate of drug-likeness (QED) is 0.799. The van der Waals surface area contributed by atoms with E-state index in [9.17, 15) is 4.79 Å². The van der Waals surface area contributed by atoms with Gasteiger partial charge in [-0.1, -0.05) is 12.8 Å². The molecule has 6 heteroatoms. The fourth-order valence-electron chi connectivity index (χ4n) is 3.04. The predicted molar refractivity (Wildman–Crippen MR) is 87.3 cm³/mol. The number of amides is 1. The zero-order valence-corrected chi connectivity index (χ0v) is 12.8. The van der Waals surface area contributed by atoms with Crippen LogP contribution in [0.5, 0.6) is 0 Å². The number of hydrogen-bond donors (Lipinski definition) is 1. The average Bonchev–Trinajstić information content (AvgIpc) is 3.27. The van der Waals surface area contributed by atoms with Gasteiger partial charge in [-0.3, -0.25) is 4.79 Å². The first-order valence-corrected chi connectivity index (χ1v) is 8.37. The van der Waals surface area contributed by atoms with E-state index in [0.29, 0.717) is 11.6 Å². The van der Waals surface area contributed by atoms with Crippen LogP contribution in [-0.4, -0.2) is 20.7 Å². The molecule has 1 N–H and O–H groups in total. The van der Waals surface area contributed by atoms with E-state index in [1.165, 1.54) is 12.8 Å². The molecule has 1 amide bonds. The summed E-state index contributed by atoms with van der Waals surface area (Å²) in [6.45, 7) is 0. The second-order valence-corrected chi connectivity index (χ2v) is 6.47. The van der Waals surface area contributed by atoms with Crippen molar-refractivity contribution in [3.8, 4) is 0 Å². The van der Waals surface area contributed by atoms with E-state index in [1.807, 2.05) is 28.9 Å². The highest BCUT2D eigenvalue weighted by Gasteiger charge is 2.20. The number of aromatic nitrogens is 3. The Hall–Kier alpha value is -2.21. The first-order chi connectivity index (χ1) is 10.8. The lowest BCUT2D eigenvalue weighted by Crippen LogP contribution is -2.17. The van der Waals surface area contributed by atoms with Crippen LogP contribution in [0.15, 0.2) is 36.0 Å². The van der Waals surface area contributed by atoms with Crippen LogP contribution < -0.4 is 5.32 Å². The van der Waals surface area contributed by atoms with Crippen LogP contribution in [0, 0.1) is 0 Å². The van der Waals surface area contributed by atoms with Gasteiger partial charge in [0, 0.05) is 11.6 Å². The third kappa shape index (κ3) is 2.39. The van der Waals surface area contributed by atoms with Gasteiger partial charge in [0.15, 0.2) is 0 Å². The molecule has 0 saturated heterocycles. The Morgan fingerprint density at radius 1 is 1.27 bits per heavy atom.